The van der Waals surface area contributed by atoms with Gasteiger partial charge in [-0.3, -0.25) is 14.7 Å². The molecule has 0 saturated carbocycles. The zero-order chi connectivity index (χ0) is 22.1. The summed E-state index contributed by atoms with van der Waals surface area (Å²) in [5.41, 5.74) is 4.47. The summed E-state index contributed by atoms with van der Waals surface area (Å²) in [6.07, 6.45) is 4.80. The van der Waals surface area contributed by atoms with Gasteiger partial charge in [0, 0.05) is 56.0 Å². The molecule has 0 bridgehead atoms. The lowest BCUT2D eigenvalue weighted by atomic mass is 9.99. The molecule has 2 aliphatic heterocycles. The number of pyridine rings is 1. The van der Waals surface area contributed by atoms with Gasteiger partial charge in [0.05, 0.1) is 5.52 Å². The van der Waals surface area contributed by atoms with Crippen molar-refractivity contribution in [3.05, 3.63) is 60.3 Å². The molecule has 32 heavy (non-hydrogen) atoms. The molecule has 3 amide bonds. The first-order valence-electron chi connectivity index (χ1n) is 11.3. The Labute approximate surface area is 187 Å². The maximum atomic E-state index is 12.5. The van der Waals surface area contributed by atoms with Crippen LogP contribution >= 0.6 is 0 Å². The number of aryl methyl sites for hydroxylation is 1. The molecule has 3 aromatic rings. The van der Waals surface area contributed by atoms with Crippen molar-refractivity contribution in [1.82, 2.24) is 14.8 Å². The molecule has 0 radical (unpaired) electrons. The lowest BCUT2D eigenvalue weighted by Gasteiger charge is -2.34. The first-order chi connectivity index (χ1) is 15.6. The SMILES string of the molecule is Cc1c(-c2ccc(OC3CCN(C(=O)N4CCCC4=O)CC3)cc2)cnc2ccccc12. The fourth-order valence-electron chi connectivity index (χ4n) is 4.66. The van der Waals surface area contributed by atoms with Gasteiger partial charge in [-0.2, -0.15) is 0 Å². The molecule has 2 aliphatic rings. The monoisotopic (exact) mass is 429 g/mol. The highest BCUT2D eigenvalue weighted by molar-refractivity contribution is 5.95. The molecule has 2 saturated heterocycles. The van der Waals surface area contributed by atoms with Gasteiger partial charge < -0.3 is 9.64 Å². The van der Waals surface area contributed by atoms with E-state index in [1.165, 1.54) is 15.8 Å². The molecule has 5 rings (SSSR count). The van der Waals surface area contributed by atoms with Crippen LogP contribution in [0.25, 0.3) is 22.0 Å². The van der Waals surface area contributed by atoms with Gasteiger partial charge in [-0.1, -0.05) is 30.3 Å². The number of nitrogens with zero attached hydrogens (tertiary/aromatic N) is 3. The van der Waals surface area contributed by atoms with Gasteiger partial charge in [-0.05, 0) is 42.7 Å². The largest absolute Gasteiger partial charge is 0.490 e. The maximum Gasteiger partial charge on any atom is 0.326 e. The molecule has 0 aliphatic carbocycles. The van der Waals surface area contributed by atoms with Crippen LogP contribution < -0.4 is 4.74 Å². The van der Waals surface area contributed by atoms with Crippen molar-refractivity contribution < 1.29 is 14.3 Å². The highest BCUT2D eigenvalue weighted by Crippen LogP contribution is 2.30. The van der Waals surface area contributed by atoms with E-state index in [2.05, 4.69) is 30.1 Å². The minimum atomic E-state index is -0.144. The second kappa shape index (κ2) is 8.61. The minimum Gasteiger partial charge on any atom is -0.490 e. The Morgan fingerprint density at radius 1 is 1.03 bits per heavy atom. The summed E-state index contributed by atoms with van der Waals surface area (Å²) in [4.78, 5) is 32.1. The van der Waals surface area contributed by atoms with Crippen LogP contribution in [0.15, 0.2) is 54.7 Å². The van der Waals surface area contributed by atoms with Crippen LogP contribution in [0.2, 0.25) is 0 Å². The molecule has 0 N–H and O–H groups in total. The minimum absolute atomic E-state index is 0.0506. The van der Waals surface area contributed by atoms with E-state index in [9.17, 15) is 9.59 Å². The van der Waals surface area contributed by atoms with E-state index in [0.717, 1.165) is 41.7 Å². The summed E-state index contributed by atoms with van der Waals surface area (Å²) in [6.45, 7) is 3.92. The Kier molecular flexibility index (Phi) is 5.52. The summed E-state index contributed by atoms with van der Waals surface area (Å²) in [6, 6.07) is 16.2. The number of carbonyl (C=O) groups excluding carboxylic acids is 2. The van der Waals surface area contributed by atoms with Gasteiger partial charge in [0.1, 0.15) is 11.9 Å². The third-order valence-electron chi connectivity index (χ3n) is 6.53. The van der Waals surface area contributed by atoms with Crippen LogP contribution in [0.4, 0.5) is 4.79 Å². The Bertz CT molecular complexity index is 1150. The molecule has 0 spiro atoms. The van der Waals surface area contributed by atoms with Gasteiger partial charge in [-0.25, -0.2) is 4.79 Å². The van der Waals surface area contributed by atoms with Crippen LogP contribution in [0.3, 0.4) is 0 Å². The van der Waals surface area contributed by atoms with Crippen molar-refractivity contribution in [2.24, 2.45) is 0 Å². The molecule has 6 heteroatoms. The number of piperidine rings is 1. The van der Waals surface area contributed by atoms with Crippen molar-refractivity contribution in [3.8, 4) is 16.9 Å². The topological polar surface area (TPSA) is 62.7 Å². The van der Waals surface area contributed by atoms with Crippen LogP contribution in [0.1, 0.15) is 31.2 Å². The molecule has 6 nitrogen and oxygen atoms in total. The van der Waals surface area contributed by atoms with Gasteiger partial charge in [-0.15, -0.1) is 0 Å². The van der Waals surface area contributed by atoms with Crippen LogP contribution in [0.5, 0.6) is 5.75 Å². The number of para-hydroxylation sites is 1. The van der Waals surface area contributed by atoms with E-state index in [0.29, 0.717) is 26.1 Å². The first-order valence-corrected chi connectivity index (χ1v) is 11.3. The molecule has 164 valence electrons. The molecule has 0 atom stereocenters. The van der Waals surface area contributed by atoms with Gasteiger partial charge in [0.15, 0.2) is 0 Å². The molecular formula is C26H27N3O3. The Balaban J connectivity index is 1.21. The number of benzene rings is 2. The zero-order valence-electron chi connectivity index (χ0n) is 18.3. The maximum absolute atomic E-state index is 12.5. The molecule has 1 aromatic heterocycles. The Hall–Kier alpha value is -3.41. The van der Waals surface area contributed by atoms with Crippen molar-refractivity contribution in [2.75, 3.05) is 19.6 Å². The molecule has 3 heterocycles. The number of hydrogen-bond donors (Lipinski definition) is 0. The zero-order valence-corrected chi connectivity index (χ0v) is 18.3. The average Bonchev–Trinajstić information content (AvgIpc) is 3.26. The Morgan fingerprint density at radius 2 is 1.78 bits per heavy atom. The third kappa shape index (κ3) is 3.93. The number of likely N-dealkylation sites (tertiary alicyclic amines) is 2. The first kappa shape index (κ1) is 20.5. The second-order valence-electron chi connectivity index (χ2n) is 8.57. The lowest BCUT2D eigenvalue weighted by Crippen LogP contribution is -2.48. The standard InChI is InChI=1S/C26H27N3O3/c1-18-22-5-2-3-6-24(22)27-17-23(18)19-8-10-20(11-9-19)32-21-12-15-28(16-13-21)26(31)29-14-4-7-25(29)30/h2-3,5-6,8-11,17,21H,4,7,12-16H2,1H3. The number of fused-ring (bicyclic) bond motifs is 1. The van der Waals surface area contributed by atoms with Crippen molar-refractivity contribution in [2.45, 2.75) is 38.7 Å². The van der Waals surface area contributed by atoms with Crippen molar-refractivity contribution in [3.63, 3.8) is 0 Å². The average molecular weight is 430 g/mol. The van der Waals surface area contributed by atoms with E-state index in [-0.39, 0.29) is 18.0 Å². The summed E-state index contributed by atoms with van der Waals surface area (Å²) in [5, 5.41) is 1.17. The normalized spacial score (nSPS) is 17.2. The smallest absolute Gasteiger partial charge is 0.326 e. The van der Waals surface area contributed by atoms with E-state index in [4.69, 9.17) is 4.74 Å². The van der Waals surface area contributed by atoms with Crippen molar-refractivity contribution >= 4 is 22.8 Å². The number of amides is 3. The Morgan fingerprint density at radius 3 is 2.50 bits per heavy atom. The lowest BCUT2D eigenvalue weighted by molar-refractivity contribution is -0.125. The number of carbonyl (C=O) groups is 2. The van der Waals surface area contributed by atoms with Gasteiger partial charge in [0.2, 0.25) is 5.91 Å². The fraction of sp³-hybridized carbons (Fsp3) is 0.346. The van der Waals surface area contributed by atoms with Crippen LogP contribution in [0, 0.1) is 6.92 Å². The van der Waals surface area contributed by atoms with Crippen LogP contribution in [-0.4, -0.2) is 52.5 Å². The molecule has 2 fully saturated rings. The number of urea groups is 1. The number of rotatable bonds is 3. The fourth-order valence-corrected chi connectivity index (χ4v) is 4.66. The second-order valence-corrected chi connectivity index (χ2v) is 8.57. The summed E-state index contributed by atoms with van der Waals surface area (Å²) in [7, 11) is 0. The van der Waals surface area contributed by atoms with E-state index >= 15 is 0 Å². The van der Waals surface area contributed by atoms with E-state index < -0.39 is 0 Å². The van der Waals surface area contributed by atoms with Gasteiger partial charge >= 0.3 is 6.03 Å². The molecule has 2 aromatic carbocycles. The summed E-state index contributed by atoms with van der Waals surface area (Å²) >= 11 is 0. The predicted molar refractivity (Wildman–Crippen MR) is 123 cm³/mol. The summed E-state index contributed by atoms with van der Waals surface area (Å²) < 4.78 is 6.19. The highest BCUT2D eigenvalue weighted by Gasteiger charge is 2.32. The number of imide groups is 1. The third-order valence-corrected chi connectivity index (χ3v) is 6.53. The number of aromatic nitrogens is 1. The number of ether oxygens (including phenoxy) is 1. The predicted octanol–water partition coefficient (Wildman–Crippen LogP) is 4.80. The quantitative estimate of drug-likeness (QED) is 0.600. The van der Waals surface area contributed by atoms with Gasteiger partial charge in [0.25, 0.3) is 0 Å². The highest BCUT2D eigenvalue weighted by atomic mass is 16.5. The van der Waals surface area contributed by atoms with Crippen molar-refractivity contribution in [1.29, 1.82) is 0 Å². The number of hydrogen-bond acceptors (Lipinski definition) is 4. The van der Waals surface area contributed by atoms with E-state index in [1.54, 1.807) is 4.90 Å². The van der Waals surface area contributed by atoms with Crippen LogP contribution in [-0.2, 0) is 4.79 Å². The molecular weight excluding hydrogens is 402 g/mol. The molecule has 0 unspecified atom stereocenters. The van der Waals surface area contributed by atoms with E-state index in [1.807, 2.05) is 36.5 Å². The summed E-state index contributed by atoms with van der Waals surface area (Å²) in [5.74, 6) is 0.782.